The highest BCUT2D eigenvalue weighted by atomic mass is 79.9. The lowest BCUT2D eigenvalue weighted by molar-refractivity contribution is -0.122. The van der Waals surface area contributed by atoms with E-state index in [2.05, 4.69) is 33.9 Å². The summed E-state index contributed by atoms with van der Waals surface area (Å²) >= 11 is 6.60. The molecule has 0 spiro atoms. The van der Waals surface area contributed by atoms with Gasteiger partial charge in [0.05, 0.1) is 4.32 Å². The highest BCUT2D eigenvalue weighted by Gasteiger charge is 2.22. The Bertz CT molecular complexity index is 133. The summed E-state index contributed by atoms with van der Waals surface area (Å²) < 4.78 is -0.446. The van der Waals surface area contributed by atoms with E-state index < -0.39 is 4.32 Å². The third-order valence-corrected chi connectivity index (χ3v) is 1.89. The van der Waals surface area contributed by atoms with Crippen molar-refractivity contribution in [1.29, 1.82) is 0 Å². The number of rotatable bonds is 4. The van der Waals surface area contributed by atoms with Gasteiger partial charge in [-0.15, -0.1) is 0 Å². The maximum atomic E-state index is 11.2. The van der Waals surface area contributed by atoms with Gasteiger partial charge >= 0.3 is 0 Å². The summed E-state index contributed by atoms with van der Waals surface area (Å²) in [5.41, 5.74) is 0. The second-order valence-electron chi connectivity index (χ2n) is 2.83. The zero-order valence-corrected chi connectivity index (χ0v) is 9.49. The van der Waals surface area contributed by atoms with Crippen LogP contribution in [0.15, 0.2) is 0 Å². The minimum atomic E-state index is -0.446. The van der Waals surface area contributed by atoms with Crippen LogP contribution >= 0.6 is 15.9 Å². The highest BCUT2D eigenvalue weighted by Crippen LogP contribution is 2.14. The second-order valence-corrected chi connectivity index (χ2v) is 5.31. The first kappa shape index (κ1) is 11.3. The Morgan fingerprint density at radius 2 is 2.18 bits per heavy atom. The van der Waals surface area contributed by atoms with Crippen molar-refractivity contribution in [3.8, 4) is 0 Å². The van der Waals surface area contributed by atoms with Crippen molar-refractivity contribution in [2.45, 2.75) is 24.6 Å². The molecular weight excluding hydrogens is 226 g/mol. The number of hydrogen-bond acceptors (Lipinski definition) is 1. The zero-order chi connectivity index (χ0) is 8.91. The minimum Gasteiger partial charge on any atom is -0.355 e. The van der Waals surface area contributed by atoms with Crippen LogP contribution in [0.25, 0.3) is 0 Å². The molecule has 0 rings (SSSR count). The first-order valence-corrected chi connectivity index (χ1v) is 5.10. The van der Waals surface area contributed by atoms with E-state index in [1.54, 1.807) is 0 Å². The number of alkyl halides is 1. The van der Waals surface area contributed by atoms with Crippen LogP contribution in [0.2, 0.25) is 0 Å². The van der Waals surface area contributed by atoms with Gasteiger partial charge in [-0.2, -0.15) is 0 Å². The molecule has 0 saturated heterocycles. The van der Waals surface area contributed by atoms with Crippen LogP contribution in [0, 0.1) is 0 Å². The third-order valence-electron chi connectivity index (χ3n) is 1.18. The van der Waals surface area contributed by atoms with Gasteiger partial charge in [-0.05, 0) is 26.5 Å². The quantitative estimate of drug-likeness (QED) is 0.437. The fourth-order valence-electron chi connectivity index (χ4n) is 0.500. The topological polar surface area (TPSA) is 29.1 Å². The van der Waals surface area contributed by atoms with Gasteiger partial charge in [-0.3, -0.25) is 4.79 Å². The standard InChI is InChI=1S/C7H14BrNOS/c1-7(2,8)6(10)9-4-3-5-11/h11H,3-5H2,1-2H3,(H,9,10)/p+1. The maximum absolute atomic E-state index is 11.2. The molecule has 0 aliphatic carbocycles. The number of halogens is 1. The van der Waals surface area contributed by atoms with E-state index in [9.17, 15) is 4.79 Å². The summed E-state index contributed by atoms with van der Waals surface area (Å²) in [5, 5.41) is 2.81. The molecule has 0 aromatic rings. The van der Waals surface area contributed by atoms with Gasteiger partial charge in [0, 0.05) is 13.0 Å². The zero-order valence-electron chi connectivity index (χ0n) is 6.91. The molecule has 66 valence electrons. The monoisotopic (exact) mass is 240 g/mol. The first-order chi connectivity index (χ1) is 4.98. The Labute approximate surface area is 81.7 Å². The van der Waals surface area contributed by atoms with E-state index in [4.69, 9.17) is 0 Å². The van der Waals surface area contributed by atoms with Crippen LogP contribution in [0.5, 0.6) is 0 Å². The SMILES string of the molecule is CC(C)(Br)C(=O)NCCC[SH2+]. The molecule has 0 unspecified atom stereocenters. The van der Waals surface area contributed by atoms with E-state index in [0.717, 1.165) is 18.7 Å². The highest BCUT2D eigenvalue weighted by molar-refractivity contribution is 9.10. The molecule has 0 radical (unpaired) electrons. The molecule has 1 amide bonds. The average Bonchev–Trinajstić information content (AvgIpc) is 1.86. The lowest BCUT2D eigenvalue weighted by Crippen LogP contribution is -2.38. The molecular formula is C7H15BrNOS+. The van der Waals surface area contributed by atoms with Crippen LogP contribution in [0.4, 0.5) is 0 Å². The maximum Gasteiger partial charge on any atom is 0.236 e. The summed E-state index contributed by atoms with van der Waals surface area (Å²) in [6.45, 7) is 4.39. The second kappa shape index (κ2) is 5.04. The molecule has 0 bridgehead atoms. The van der Waals surface area contributed by atoms with Gasteiger partial charge in [0.15, 0.2) is 0 Å². The van der Waals surface area contributed by atoms with Crippen LogP contribution in [-0.4, -0.2) is 22.5 Å². The van der Waals surface area contributed by atoms with E-state index in [0.29, 0.717) is 0 Å². The Hall–Kier alpha value is 0.300. The molecule has 0 heterocycles. The van der Waals surface area contributed by atoms with Gasteiger partial charge in [0.25, 0.3) is 0 Å². The van der Waals surface area contributed by atoms with Crippen molar-refractivity contribution in [3.63, 3.8) is 0 Å². The van der Waals surface area contributed by atoms with Crippen molar-refractivity contribution >= 4 is 34.5 Å². The Morgan fingerprint density at radius 3 is 2.55 bits per heavy atom. The number of amides is 1. The van der Waals surface area contributed by atoms with Crippen molar-refractivity contribution < 1.29 is 4.79 Å². The Morgan fingerprint density at radius 1 is 1.64 bits per heavy atom. The van der Waals surface area contributed by atoms with E-state index >= 15 is 0 Å². The van der Waals surface area contributed by atoms with Gasteiger partial charge in [0.1, 0.15) is 5.75 Å². The van der Waals surface area contributed by atoms with E-state index in [1.165, 1.54) is 0 Å². The first-order valence-electron chi connectivity index (χ1n) is 3.60. The van der Waals surface area contributed by atoms with Crippen LogP contribution in [-0.2, 0) is 17.4 Å². The van der Waals surface area contributed by atoms with Crippen LogP contribution in [0.3, 0.4) is 0 Å². The number of hydrogen-bond donors (Lipinski definition) is 1. The summed E-state index contributed by atoms with van der Waals surface area (Å²) in [6, 6.07) is 0. The fraction of sp³-hybridized carbons (Fsp3) is 0.857. The molecule has 2 nitrogen and oxygen atoms in total. The minimum absolute atomic E-state index is 0.0395. The molecule has 0 aromatic heterocycles. The average molecular weight is 241 g/mol. The third kappa shape index (κ3) is 5.56. The van der Waals surface area contributed by atoms with Crippen molar-refractivity contribution in [3.05, 3.63) is 0 Å². The fourth-order valence-corrected chi connectivity index (χ4v) is 0.817. The van der Waals surface area contributed by atoms with Crippen molar-refractivity contribution in [1.82, 2.24) is 5.32 Å². The van der Waals surface area contributed by atoms with E-state index in [1.807, 2.05) is 13.8 Å². The lowest BCUT2D eigenvalue weighted by Gasteiger charge is -2.14. The molecule has 0 atom stereocenters. The normalized spacial score (nSPS) is 11.3. The van der Waals surface area contributed by atoms with Gasteiger partial charge in [-0.1, -0.05) is 15.9 Å². The molecule has 0 saturated carbocycles. The molecule has 0 aliphatic rings. The van der Waals surface area contributed by atoms with Crippen LogP contribution < -0.4 is 5.32 Å². The van der Waals surface area contributed by atoms with Crippen molar-refractivity contribution in [2.24, 2.45) is 0 Å². The predicted octanol–water partition coefficient (Wildman–Crippen LogP) is 0.678. The van der Waals surface area contributed by atoms with Gasteiger partial charge < -0.3 is 5.32 Å². The molecule has 0 aromatic carbocycles. The summed E-state index contributed by atoms with van der Waals surface area (Å²) in [7, 11) is 0. The summed E-state index contributed by atoms with van der Waals surface area (Å²) in [4.78, 5) is 11.2. The van der Waals surface area contributed by atoms with Crippen molar-refractivity contribution in [2.75, 3.05) is 12.3 Å². The Balaban J connectivity index is 3.54. The Kier molecular flexibility index (Phi) is 5.17. The summed E-state index contributed by atoms with van der Waals surface area (Å²) in [6.07, 6.45) is 0.964. The number of nitrogens with one attached hydrogen (secondary N) is 1. The van der Waals surface area contributed by atoms with Gasteiger partial charge in [0.2, 0.25) is 5.91 Å². The number of carbonyl (C=O) groups excluding carboxylic acids is 1. The molecule has 4 heteroatoms. The number of carbonyl (C=O) groups is 1. The lowest BCUT2D eigenvalue weighted by atomic mass is 10.2. The summed E-state index contributed by atoms with van der Waals surface area (Å²) in [5.74, 6) is 0.959. The van der Waals surface area contributed by atoms with Gasteiger partial charge in [-0.25, -0.2) is 0 Å². The molecule has 0 aliphatic heterocycles. The smallest absolute Gasteiger partial charge is 0.236 e. The van der Waals surface area contributed by atoms with Crippen LogP contribution in [0.1, 0.15) is 20.3 Å². The predicted molar refractivity (Wildman–Crippen MR) is 55.7 cm³/mol. The molecule has 11 heavy (non-hydrogen) atoms. The van der Waals surface area contributed by atoms with E-state index in [-0.39, 0.29) is 5.91 Å². The molecule has 1 N–H and O–H groups in total. The largest absolute Gasteiger partial charge is 0.355 e. The molecule has 0 fully saturated rings.